The van der Waals surface area contributed by atoms with Crippen molar-refractivity contribution in [1.82, 2.24) is 14.5 Å². The normalized spacial score (nSPS) is 12.0. The van der Waals surface area contributed by atoms with E-state index in [2.05, 4.69) is 14.9 Å². The first kappa shape index (κ1) is 10.3. The van der Waals surface area contributed by atoms with Gasteiger partial charge in [0.25, 0.3) is 0 Å². The second-order valence-corrected chi connectivity index (χ2v) is 4.78. The summed E-state index contributed by atoms with van der Waals surface area (Å²) in [6.45, 7) is 0. The SMILES string of the molecule is CN(C)S(=O)(=O)Nc1cc(Cl)[nH]n1. The predicted octanol–water partition coefficient (Wildman–Crippen LogP) is 0.281. The fourth-order valence-electron chi connectivity index (χ4n) is 0.574. The predicted molar refractivity (Wildman–Crippen MR) is 49.8 cm³/mol. The Balaban J connectivity index is 2.81. The number of halogens is 1. The number of nitrogens with one attached hydrogen (secondary N) is 2. The van der Waals surface area contributed by atoms with Gasteiger partial charge in [-0.15, -0.1) is 0 Å². The Bertz CT molecular complexity index is 385. The molecule has 0 atom stereocenters. The highest BCUT2D eigenvalue weighted by Gasteiger charge is 2.14. The average Bonchev–Trinajstić information content (AvgIpc) is 2.34. The van der Waals surface area contributed by atoms with Crippen LogP contribution < -0.4 is 4.72 Å². The summed E-state index contributed by atoms with van der Waals surface area (Å²) in [5.41, 5.74) is 0. The third kappa shape index (κ3) is 2.58. The Morgan fingerprint density at radius 3 is 2.62 bits per heavy atom. The largest absolute Gasteiger partial charge is 0.302 e. The summed E-state index contributed by atoms with van der Waals surface area (Å²) in [5.74, 6) is 0.165. The van der Waals surface area contributed by atoms with Crippen molar-refractivity contribution in [2.45, 2.75) is 0 Å². The van der Waals surface area contributed by atoms with Crippen LogP contribution in [-0.2, 0) is 10.2 Å². The number of hydrogen-bond donors (Lipinski definition) is 2. The molecule has 0 aliphatic carbocycles. The molecule has 0 bridgehead atoms. The van der Waals surface area contributed by atoms with Crippen molar-refractivity contribution in [2.24, 2.45) is 0 Å². The quantitative estimate of drug-likeness (QED) is 0.774. The van der Waals surface area contributed by atoms with Gasteiger partial charge in [0.2, 0.25) is 0 Å². The molecule has 0 radical (unpaired) electrons. The number of nitrogens with zero attached hydrogens (tertiary/aromatic N) is 2. The van der Waals surface area contributed by atoms with Crippen LogP contribution in [0.5, 0.6) is 0 Å². The lowest BCUT2D eigenvalue weighted by Crippen LogP contribution is -2.29. The molecule has 1 aromatic heterocycles. The molecule has 13 heavy (non-hydrogen) atoms. The standard InChI is InChI=1S/C5H9ClN4O2S/c1-10(2)13(11,12)9-5-3-4(6)7-8-5/h3H,1-2H3,(H2,7,8,9). The lowest BCUT2D eigenvalue weighted by Gasteiger charge is -2.10. The van der Waals surface area contributed by atoms with Gasteiger partial charge in [0.15, 0.2) is 5.82 Å². The summed E-state index contributed by atoms with van der Waals surface area (Å²) in [7, 11) is -0.669. The highest BCUT2D eigenvalue weighted by molar-refractivity contribution is 7.90. The summed E-state index contributed by atoms with van der Waals surface area (Å²) in [6.07, 6.45) is 0. The Morgan fingerprint density at radius 1 is 1.62 bits per heavy atom. The van der Waals surface area contributed by atoms with Crippen molar-refractivity contribution in [2.75, 3.05) is 18.8 Å². The van der Waals surface area contributed by atoms with Crippen LogP contribution in [-0.4, -0.2) is 37.0 Å². The Labute approximate surface area is 81.1 Å². The summed E-state index contributed by atoms with van der Waals surface area (Å²) in [6, 6.07) is 1.38. The second kappa shape index (κ2) is 3.52. The van der Waals surface area contributed by atoms with Gasteiger partial charge in [0, 0.05) is 20.2 Å². The van der Waals surface area contributed by atoms with Crippen molar-refractivity contribution < 1.29 is 8.42 Å². The van der Waals surface area contributed by atoms with Crippen molar-refractivity contribution in [3.8, 4) is 0 Å². The summed E-state index contributed by atoms with van der Waals surface area (Å²) < 4.78 is 25.7. The van der Waals surface area contributed by atoms with Gasteiger partial charge in [0.1, 0.15) is 5.15 Å². The third-order valence-electron chi connectivity index (χ3n) is 1.26. The van der Waals surface area contributed by atoms with Gasteiger partial charge in [-0.3, -0.25) is 9.82 Å². The molecule has 0 aliphatic rings. The minimum absolute atomic E-state index is 0.165. The second-order valence-electron chi connectivity index (χ2n) is 2.49. The molecule has 0 saturated heterocycles. The molecular formula is C5H9ClN4O2S. The molecular weight excluding hydrogens is 216 g/mol. The Morgan fingerprint density at radius 2 is 2.23 bits per heavy atom. The van der Waals surface area contributed by atoms with Gasteiger partial charge in [-0.25, -0.2) is 0 Å². The molecule has 2 N–H and O–H groups in total. The van der Waals surface area contributed by atoms with E-state index in [0.717, 1.165) is 4.31 Å². The number of aromatic nitrogens is 2. The molecule has 8 heteroatoms. The fourth-order valence-corrected chi connectivity index (χ4v) is 1.27. The van der Waals surface area contributed by atoms with Gasteiger partial charge in [0.05, 0.1) is 0 Å². The van der Waals surface area contributed by atoms with Crippen molar-refractivity contribution >= 4 is 27.6 Å². The van der Waals surface area contributed by atoms with Crippen LogP contribution in [0.15, 0.2) is 6.07 Å². The van der Waals surface area contributed by atoms with E-state index in [1.54, 1.807) is 0 Å². The van der Waals surface area contributed by atoms with Gasteiger partial charge < -0.3 is 0 Å². The molecule has 1 heterocycles. The van der Waals surface area contributed by atoms with Crippen LogP contribution in [0.2, 0.25) is 5.15 Å². The molecule has 0 aliphatic heterocycles. The highest BCUT2D eigenvalue weighted by atomic mass is 35.5. The zero-order chi connectivity index (χ0) is 10.1. The van der Waals surface area contributed by atoms with E-state index in [0.29, 0.717) is 0 Å². The minimum atomic E-state index is -3.50. The maximum atomic E-state index is 11.2. The first-order chi connectivity index (χ1) is 5.92. The van der Waals surface area contributed by atoms with Crippen molar-refractivity contribution in [1.29, 1.82) is 0 Å². The summed E-state index contributed by atoms with van der Waals surface area (Å²) >= 11 is 5.50. The van der Waals surface area contributed by atoms with E-state index >= 15 is 0 Å². The number of anilines is 1. The molecule has 74 valence electrons. The molecule has 0 spiro atoms. The Hall–Kier alpha value is -0.790. The summed E-state index contributed by atoms with van der Waals surface area (Å²) in [5, 5.41) is 6.28. The molecule has 0 unspecified atom stereocenters. The first-order valence-corrected chi connectivity index (χ1v) is 5.15. The Kier molecular flexibility index (Phi) is 2.79. The zero-order valence-electron chi connectivity index (χ0n) is 7.07. The summed E-state index contributed by atoms with van der Waals surface area (Å²) in [4.78, 5) is 0. The zero-order valence-corrected chi connectivity index (χ0v) is 8.65. The number of H-pyrrole nitrogens is 1. The molecule has 0 amide bonds. The molecule has 6 nitrogen and oxygen atoms in total. The van der Waals surface area contributed by atoms with Crippen LogP contribution in [0.4, 0.5) is 5.82 Å². The number of aromatic amines is 1. The van der Waals surface area contributed by atoms with E-state index in [1.165, 1.54) is 20.2 Å². The smallest absolute Gasteiger partial charge is 0.265 e. The maximum absolute atomic E-state index is 11.2. The lowest BCUT2D eigenvalue weighted by molar-refractivity contribution is 0.526. The molecule has 0 aromatic carbocycles. The van der Waals surface area contributed by atoms with E-state index in [4.69, 9.17) is 11.6 Å². The van der Waals surface area contributed by atoms with E-state index in [1.807, 2.05) is 0 Å². The van der Waals surface area contributed by atoms with Crippen LogP contribution in [0.1, 0.15) is 0 Å². The third-order valence-corrected chi connectivity index (χ3v) is 2.88. The molecule has 1 aromatic rings. The maximum Gasteiger partial charge on any atom is 0.302 e. The van der Waals surface area contributed by atoms with Gasteiger partial charge in [-0.1, -0.05) is 11.6 Å². The van der Waals surface area contributed by atoms with Crippen molar-refractivity contribution in [3.05, 3.63) is 11.2 Å². The fraction of sp³-hybridized carbons (Fsp3) is 0.400. The van der Waals surface area contributed by atoms with Crippen molar-refractivity contribution in [3.63, 3.8) is 0 Å². The number of hydrogen-bond acceptors (Lipinski definition) is 3. The van der Waals surface area contributed by atoms with Crippen LogP contribution in [0.25, 0.3) is 0 Å². The topological polar surface area (TPSA) is 78.1 Å². The van der Waals surface area contributed by atoms with E-state index < -0.39 is 10.2 Å². The molecule has 0 saturated carbocycles. The van der Waals surface area contributed by atoms with Crippen LogP contribution >= 0.6 is 11.6 Å². The van der Waals surface area contributed by atoms with E-state index in [-0.39, 0.29) is 11.0 Å². The van der Waals surface area contributed by atoms with Gasteiger partial charge in [-0.05, 0) is 0 Å². The molecule has 1 rings (SSSR count). The minimum Gasteiger partial charge on any atom is -0.265 e. The van der Waals surface area contributed by atoms with Gasteiger partial charge in [-0.2, -0.15) is 17.8 Å². The first-order valence-electron chi connectivity index (χ1n) is 3.33. The average molecular weight is 225 g/mol. The number of rotatable bonds is 3. The van der Waals surface area contributed by atoms with E-state index in [9.17, 15) is 8.42 Å². The van der Waals surface area contributed by atoms with Crippen LogP contribution in [0, 0.1) is 0 Å². The van der Waals surface area contributed by atoms with Crippen LogP contribution in [0.3, 0.4) is 0 Å². The van der Waals surface area contributed by atoms with Gasteiger partial charge >= 0.3 is 10.2 Å². The monoisotopic (exact) mass is 224 g/mol. The highest BCUT2D eigenvalue weighted by Crippen LogP contribution is 2.11. The lowest BCUT2D eigenvalue weighted by atomic mass is 10.7. The molecule has 0 fully saturated rings.